The summed E-state index contributed by atoms with van der Waals surface area (Å²) in [5.41, 5.74) is -2.46. The van der Waals surface area contributed by atoms with Gasteiger partial charge in [0.1, 0.15) is 5.75 Å². The van der Waals surface area contributed by atoms with E-state index < -0.39 is 36.4 Å². The molecule has 1 atom stereocenters. The zero-order valence-electron chi connectivity index (χ0n) is 14.2. The van der Waals surface area contributed by atoms with Crippen molar-refractivity contribution >= 4 is 23.5 Å². The fraction of sp³-hybridized carbons (Fsp3) is 0.471. The van der Waals surface area contributed by atoms with Crippen LogP contribution < -0.4 is 9.64 Å². The number of halogens is 3. The number of anilines is 1. The Balaban J connectivity index is 1.67. The van der Waals surface area contributed by atoms with Crippen LogP contribution in [0.5, 0.6) is 5.75 Å². The molecule has 2 aliphatic rings. The molecule has 0 radical (unpaired) electrons. The Morgan fingerprint density at radius 1 is 1.26 bits per heavy atom. The molecule has 2 amide bonds. The summed E-state index contributed by atoms with van der Waals surface area (Å²) in [5.74, 6) is -2.49. The monoisotopic (exact) mass is 386 g/mol. The number of aliphatic carboxylic acids is 1. The average Bonchev–Trinajstić information content (AvgIpc) is 3.07. The zero-order valence-corrected chi connectivity index (χ0v) is 14.2. The van der Waals surface area contributed by atoms with Gasteiger partial charge in [-0.2, -0.15) is 13.2 Å². The van der Waals surface area contributed by atoms with Crippen LogP contribution in [0.25, 0.3) is 0 Å². The molecule has 2 aliphatic heterocycles. The summed E-state index contributed by atoms with van der Waals surface area (Å²) in [6.07, 6.45) is -5.85. The van der Waals surface area contributed by atoms with Crippen molar-refractivity contribution < 1.29 is 37.4 Å². The number of carbonyl (C=O) groups is 3. The van der Waals surface area contributed by atoms with E-state index in [1.54, 1.807) is 24.3 Å². The first-order valence-electron chi connectivity index (χ1n) is 8.26. The molecule has 3 rings (SSSR count). The van der Waals surface area contributed by atoms with Gasteiger partial charge in [-0.3, -0.25) is 14.4 Å². The minimum absolute atomic E-state index is 0.0272. The Labute approximate surface area is 152 Å². The molecule has 7 nitrogen and oxygen atoms in total. The van der Waals surface area contributed by atoms with Crippen molar-refractivity contribution in [2.45, 2.75) is 19.0 Å². The number of rotatable bonds is 4. The van der Waals surface area contributed by atoms with E-state index in [9.17, 15) is 27.6 Å². The first-order chi connectivity index (χ1) is 12.7. The van der Waals surface area contributed by atoms with Crippen molar-refractivity contribution in [1.82, 2.24) is 4.90 Å². The van der Waals surface area contributed by atoms with Crippen molar-refractivity contribution in [2.24, 2.45) is 5.41 Å². The molecule has 1 unspecified atom stereocenters. The molecule has 0 bridgehead atoms. The average molecular weight is 386 g/mol. The van der Waals surface area contributed by atoms with Gasteiger partial charge in [0, 0.05) is 26.1 Å². The van der Waals surface area contributed by atoms with Gasteiger partial charge in [-0.1, -0.05) is 12.1 Å². The van der Waals surface area contributed by atoms with E-state index in [1.807, 2.05) is 0 Å². The molecule has 10 heteroatoms. The maximum Gasteiger partial charge on any atom is 0.406 e. The topological polar surface area (TPSA) is 87.2 Å². The SMILES string of the molecule is O=C(CCN1C(=O)COc2ccccc21)N1CCC(C(=O)O)(C(F)(F)F)C1. The van der Waals surface area contributed by atoms with Crippen molar-refractivity contribution in [3.63, 3.8) is 0 Å². The Morgan fingerprint density at radius 3 is 2.59 bits per heavy atom. The van der Waals surface area contributed by atoms with Crippen LogP contribution in [-0.2, 0) is 14.4 Å². The minimum Gasteiger partial charge on any atom is -0.482 e. The van der Waals surface area contributed by atoms with Crippen LogP contribution >= 0.6 is 0 Å². The Hall–Kier alpha value is -2.78. The number of hydrogen-bond donors (Lipinski definition) is 1. The molecule has 0 saturated carbocycles. The number of nitrogens with zero attached hydrogens (tertiary/aromatic N) is 2. The molecule has 0 aliphatic carbocycles. The van der Waals surface area contributed by atoms with Crippen LogP contribution in [0.4, 0.5) is 18.9 Å². The largest absolute Gasteiger partial charge is 0.482 e. The first kappa shape index (κ1) is 19.0. The van der Waals surface area contributed by atoms with Crippen LogP contribution in [0.2, 0.25) is 0 Å². The van der Waals surface area contributed by atoms with Gasteiger partial charge in [-0.05, 0) is 18.6 Å². The predicted octanol–water partition coefficient (Wildman–Crippen LogP) is 1.67. The van der Waals surface area contributed by atoms with E-state index in [0.29, 0.717) is 11.4 Å². The summed E-state index contributed by atoms with van der Waals surface area (Å²) in [6, 6.07) is 6.74. The third-order valence-electron chi connectivity index (χ3n) is 4.93. The fourth-order valence-corrected chi connectivity index (χ4v) is 3.31. The van der Waals surface area contributed by atoms with Gasteiger partial charge in [-0.25, -0.2) is 0 Å². The zero-order chi connectivity index (χ0) is 19.8. The van der Waals surface area contributed by atoms with Gasteiger partial charge in [0.05, 0.1) is 5.69 Å². The molecular weight excluding hydrogens is 369 g/mol. The maximum absolute atomic E-state index is 13.2. The highest BCUT2D eigenvalue weighted by Crippen LogP contribution is 2.45. The molecule has 1 N–H and O–H groups in total. The van der Waals surface area contributed by atoms with E-state index in [4.69, 9.17) is 9.84 Å². The smallest absolute Gasteiger partial charge is 0.406 e. The standard InChI is InChI=1S/C17H17F3N2O5/c18-17(19,20)16(15(25)26)6-8-21(10-16)13(23)5-7-22-11-3-1-2-4-12(11)27-9-14(22)24/h1-4H,5-10H2,(H,25,26). The van der Waals surface area contributed by atoms with Crippen molar-refractivity contribution in [3.05, 3.63) is 24.3 Å². The molecule has 1 fully saturated rings. The lowest BCUT2D eigenvalue weighted by molar-refractivity contribution is -0.227. The van der Waals surface area contributed by atoms with Crippen LogP contribution in [0.15, 0.2) is 24.3 Å². The van der Waals surface area contributed by atoms with Gasteiger partial charge in [-0.15, -0.1) is 0 Å². The highest BCUT2D eigenvalue weighted by atomic mass is 19.4. The lowest BCUT2D eigenvalue weighted by atomic mass is 9.86. The molecule has 1 aromatic rings. The van der Waals surface area contributed by atoms with Gasteiger partial charge in [0.15, 0.2) is 12.0 Å². The van der Waals surface area contributed by atoms with E-state index in [2.05, 4.69) is 0 Å². The number of carboxylic acid groups (broad SMARTS) is 1. The van der Waals surface area contributed by atoms with Gasteiger partial charge in [0.25, 0.3) is 5.91 Å². The number of hydrogen-bond acceptors (Lipinski definition) is 4. The van der Waals surface area contributed by atoms with E-state index in [-0.39, 0.29) is 32.0 Å². The second-order valence-corrected chi connectivity index (χ2v) is 6.50. The number of carbonyl (C=O) groups excluding carboxylic acids is 2. The molecule has 0 aromatic heterocycles. The van der Waals surface area contributed by atoms with E-state index >= 15 is 0 Å². The Morgan fingerprint density at radius 2 is 1.96 bits per heavy atom. The first-order valence-corrected chi connectivity index (χ1v) is 8.26. The molecular formula is C17H17F3N2O5. The molecule has 0 spiro atoms. The summed E-state index contributed by atoms with van der Waals surface area (Å²) in [7, 11) is 0. The molecule has 1 aromatic carbocycles. The summed E-state index contributed by atoms with van der Waals surface area (Å²) >= 11 is 0. The van der Waals surface area contributed by atoms with Gasteiger partial charge >= 0.3 is 12.1 Å². The number of likely N-dealkylation sites (tertiary alicyclic amines) is 1. The lowest BCUT2D eigenvalue weighted by Gasteiger charge is -2.30. The Kier molecular flexibility index (Phi) is 4.75. The molecule has 1 saturated heterocycles. The molecule has 2 heterocycles. The highest BCUT2D eigenvalue weighted by Gasteiger charge is 2.64. The van der Waals surface area contributed by atoms with Gasteiger partial charge < -0.3 is 19.6 Å². The summed E-state index contributed by atoms with van der Waals surface area (Å²) in [6.45, 7) is -1.43. The number of alkyl halides is 3. The maximum atomic E-state index is 13.2. The quantitative estimate of drug-likeness (QED) is 0.851. The second-order valence-electron chi connectivity index (χ2n) is 6.50. The van der Waals surface area contributed by atoms with Crippen LogP contribution in [0.3, 0.4) is 0 Å². The number of carboxylic acids is 1. The van der Waals surface area contributed by atoms with E-state index in [0.717, 1.165) is 4.90 Å². The highest BCUT2D eigenvalue weighted by molar-refractivity contribution is 5.98. The number of amides is 2. The van der Waals surface area contributed by atoms with E-state index in [1.165, 1.54) is 4.90 Å². The number of ether oxygens (including phenoxy) is 1. The van der Waals surface area contributed by atoms with Gasteiger partial charge in [0.2, 0.25) is 5.91 Å². The van der Waals surface area contributed by atoms with Crippen LogP contribution in [0.1, 0.15) is 12.8 Å². The summed E-state index contributed by atoms with van der Waals surface area (Å²) < 4.78 is 44.9. The molecule has 146 valence electrons. The third kappa shape index (κ3) is 3.31. The van der Waals surface area contributed by atoms with Crippen molar-refractivity contribution in [2.75, 3.05) is 31.1 Å². The fourth-order valence-electron chi connectivity index (χ4n) is 3.31. The number of benzene rings is 1. The predicted molar refractivity (Wildman–Crippen MR) is 86.2 cm³/mol. The second kappa shape index (κ2) is 6.75. The lowest BCUT2D eigenvalue weighted by Crippen LogP contribution is -2.48. The molecule has 27 heavy (non-hydrogen) atoms. The third-order valence-corrected chi connectivity index (χ3v) is 4.93. The van der Waals surface area contributed by atoms with Crippen LogP contribution in [0, 0.1) is 5.41 Å². The minimum atomic E-state index is -4.95. The number of fused-ring (bicyclic) bond motifs is 1. The van der Waals surface area contributed by atoms with Crippen LogP contribution in [-0.4, -0.2) is 60.2 Å². The number of para-hydroxylation sites is 2. The normalized spacial score (nSPS) is 22.4. The Bertz CT molecular complexity index is 782. The van der Waals surface area contributed by atoms with Crippen molar-refractivity contribution in [3.8, 4) is 5.75 Å². The summed E-state index contributed by atoms with van der Waals surface area (Å²) in [5, 5.41) is 9.05. The van der Waals surface area contributed by atoms with Crippen molar-refractivity contribution in [1.29, 1.82) is 0 Å². The summed E-state index contributed by atoms with van der Waals surface area (Å²) in [4.78, 5) is 37.9.